The summed E-state index contributed by atoms with van der Waals surface area (Å²) in [5.74, 6) is 1.37. The first-order valence-corrected chi connectivity index (χ1v) is 11.3. The molecule has 164 valence electrons. The van der Waals surface area contributed by atoms with E-state index in [9.17, 15) is 4.79 Å². The number of aromatic nitrogens is 2. The van der Waals surface area contributed by atoms with Crippen molar-refractivity contribution in [3.05, 3.63) is 86.3 Å². The van der Waals surface area contributed by atoms with E-state index in [1.165, 1.54) is 0 Å². The zero-order valence-electron chi connectivity index (χ0n) is 17.6. The Labute approximate surface area is 195 Å². The first-order valence-electron chi connectivity index (χ1n) is 10.5. The van der Waals surface area contributed by atoms with Gasteiger partial charge in [0.05, 0.1) is 13.1 Å². The molecule has 1 fully saturated rings. The van der Waals surface area contributed by atoms with E-state index < -0.39 is 0 Å². The van der Waals surface area contributed by atoms with Crippen LogP contribution in [0.4, 0.5) is 11.6 Å². The van der Waals surface area contributed by atoms with E-state index in [2.05, 4.69) is 31.2 Å². The van der Waals surface area contributed by atoms with Crippen LogP contribution in [-0.4, -0.2) is 46.3 Å². The van der Waals surface area contributed by atoms with Crippen LogP contribution in [0.25, 0.3) is 0 Å². The van der Waals surface area contributed by atoms with Gasteiger partial charge in [0.25, 0.3) is 11.5 Å². The molecule has 9 heteroatoms. The fourth-order valence-corrected chi connectivity index (χ4v) is 4.50. The largest absolute Gasteiger partial charge is 0.365 e. The molecule has 0 amide bonds. The molecule has 5 rings (SSSR count). The van der Waals surface area contributed by atoms with Crippen molar-refractivity contribution in [2.24, 2.45) is 0 Å². The predicted octanol–water partition coefficient (Wildman–Crippen LogP) is 3.31. The van der Waals surface area contributed by atoms with E-state index in [0.29, 0.717) is 16.7 Å². The van der Waals surface area contributed by atoms with Gasteiger partial charge in [-0.3, -0.25) is 14.7 Å². The number of hydrogen-bond acceptors (Lipinski definition) is 3. The highest BCUT2D eigenvalue weighted by molar-refractivity contribution is 6.31. The smallest absolute Gasteiger partial charge is 0.355 e. The average Bonchev–Trinajstić information content (AvgIpc) is 2.79. The second-order valence-corrected chi connectivity index (χ2v) is 8.83. The lowest BCUT2D eigenvalue weighted by atomic mass is 10.1. The lowest BCUT2D eigenvalue weighted by molar-refractivity contribution is -0.531. The molecule has 1 atom stereocenters. The third-order valence-electron chi connectivity index (χ3n) is 5.80. The minimum atomic E-state index is -0.384. The van der Waals surface area contributed by atoms with Crippen LogP contribution >= 0.6 is 23.2 Å². The molecular formula is C23H23Cl2N6O+. The average molecular weight is 470 g/mol. The van der Waals surface area contributed by atoms with Crippen molar-refractivity contribution >= 4 is 40.8 Å². The van der Waals surface area contributed by atoms with Gasteiger partial charge in [-0.05, 0) is 37.3 Å². The summed E-state index contributed by atoms with van der Waals surface area (Å²) >= 11 is 12.3. The number of halogens is 2. The topological polar surface area (TPSA) is 65.2 Å². The van der Waals surface area contributed by atoms with E-state index in [1.807, 2.05) is 49.4 Å². The van der Waals surface area contributed by atoms with Crippen LogP contribution in [0.15, 0.2) is 59.4 Å². The van der Waals surface area contributed by atoms with E-state index in [1.54, 1.807) is 10.6 Å². The van der Waals surface area contributed by atoms with E-state index >= 15 is 0 Å². The molecule has 0 aliphatic carbocycles. The van der Waals surface area contributed by atoms with Gasteiger partial charge in [0.2, 0.25) is 0 Å². The van der Waals surface area contributed by atoms with Crippen molar-refractivity contribution in [3.8, 4) is 0 Å². The number of benzene rings is 2. The molecule has 7 nitrogen and oxygen atoms in total. The van der Waals surface area contributed by atoms with Gasteiger partial charge < -0.3 is 4.90 Å². The van der Waals surface area contributed by atoms with E-state index in [4.69, 9.17) is 23.2 Å². The molecule has 2 aliphatic heterocycles. The predicted molar refractivity (Wildman–Crippen MR) is 128 cm³/mol. The van der Waals surface area contributed by atoms with Crippen LogP contribution in [-0.2, 0) is 0 Å². The van der Waals surface area contributed by atoms with Crippen LogP contribution in [0.1, 0.15) is 17.4 Å². The minimum Gasteiger partial charge on any atom is -0.365 e. The molecule has 1 saturated heterocycles. The number of nitrogens with one attached hydrogen (secondary N) is 2. The fraction of sp³-hybridized carbons (Fsp3) is 0.261. The van der Waals surface area contributed by atoms with Gasteiger partial charge in [-0.1, -0.05) is 41.4 Å². The molecule has 3 heterocycles. The van der Waals surface area contributed by atoms with Crippen LogP contribution in [0, 0.1) is 6.92 Å². The summed E-state index contributed by atoms with van der Waals surface area (Å²) in [7, 11) is 0. The Hall–Kier alpha value is -3.03. The Bertz CT molecular complexity index is 1240. The van der Waals surface area contributed by atoms with E-state index in [0.717, 1.165) is 48.4 Å². The summed E-state index contributed by atoms with van der Waals surface area (Å²) in [6.45, 7) is 5.16. The number of fused-ring (bicyclic) bond motifs is 1. The van der Waals surface area contributed by atoms with E-state index in [-0.39, 0.29) is 11.7 Å². The number of anilines is 2. The van der Waals surface area contributed by atoms with Crippen molar-refractivity contribution in [1.82, 2.24) is 14.9 Å². The van der Waals surface area contributed by atoms with Gasteiger partial charge in [-0.25, -0.2) is 14.9 Å². The quantitative estimate of drug-likeness (QED) is 0.563. The number of hydrogen-bond donors (Lipinski definition) is 2. The molecule has 3 aromatic rings. The van der Waals surface area contributed by atoms with Gasteiger partial charge in [0.15, 0.2) is 6.17 Å². The van der Waals surface area contributed by atoms with Crippen LogP contribution < -0.4 is 21.1 Å². The molecule has 32 heavy (non-hydrogen) atoms. The number of aryl methyl sites for hydroxylation is 1. The minimum absolute atomic E-state index is 0.114. The second kappa shape index (κ2) is 8.48. The zero-order valence-corrected chi connectivity index (χ0v) is 19.1. The maximum absolute atomic E-state index is 12.8. The molecular weight excluding hydrogens is 447 g/mol. The molecule has 0 radical (unpaired) electrons. The standard InChI is InChI=1S/C23H22Cl2N6O/c1-15-13-20(32)31-21(16-5-7-17(24)8-6-16)27-22(28-23(31)26-15)30-11-9-29(10-12-30)19-4-2-3-18(25)14-19/h2-8,13-14,21H,9-12H2,1H3,(H,26,27,28,32)/p+1. The number of nitrogens with zero attached hydrogens (tertiary/aromatic N) is 4. The molecule has 2 aromatic carbocycles. The van der Waals surface area contributed by atoms with Crippen molar-refractivity contribution in [3.63, 3.8) is 0 Å². The summed E-state index contributed by atoms with van der Waals surface area (Å²) in [4.78, 5) is 19.7. The summed E-state index contributed by atoms with van der Waals surface area (Å²) in [6.07, 6.45) is -0.384. The van der Waals surface area contributed by atoms with Crippen molar-refractivity contribution < 1.29 is 4.58 Å². The Balaban J connectivity index is 1.47. The van der Waals surface area contributed by atoms with Gasteiger partial charge in [0.1, 0.15) is 0 Å². The molecule has 1 aromatic heterocycles. The highest BCUT2D eigenvalue weighted by Gasteiger charge is 2.34. The van der Waals surface area contributed by atoms with Crippen LogP contribution in [0.5, 0.6) is 0 Å². The Morgan fingerprint density at radius 3 is 2.50 bits per heavy atom. The molecule has 0 saturated carbocycles. The fourth-order valence-electron chi connectivity index (χ4n) is 4.19. The van der Waals surface area contributed by atoms with Gasteiger partial charge in [0, 0.05) is 46.1 Å². The van der Waals surface area contributed by atoms with Crippen LogP contribution in [0.2, 0.25) is 10.0 Å². The number of rotatable bonds is 2. The van der Waals surface area contributed by atoms with Crippen molar-refractivity contribution in [1.29, 1.82) is 0 Å². The third-order valence-corrected chi connectivity index (χ3v) is 6.28. The Kier molecular flexibility index (Phi) is 5.53. The lowest BCUT2D eigenvalue weighted by Gasteiger charge is -2.33. The molecule has 1 unspecified atom stereocenters. The first kappa shape index (κ1) is 20.8. The second-order valence-electron chi connectivity index (χ2n) is 7.96. The lowest BCUT2D eigenvalue weighted by Crippen LogP contribution is -2.55. The number of guanidine groups is 1. The SMILES string of the molecule is Cc1cc(=O)n2c(n1)NC(=[N+]1CCN(c3cccc(Cl)c3)CC1)NC2c1ccc(Cl)cc1. The highest BCUT2D eigenvalue weighted by atomic mass is 35.5. The Morgan fingerprint density at radius 1 is 1.03 bits per heavy atom. The molecule has 0 spiro atoms. The Morgan fingerprint density at radius 2 is 1.78 bits per heavy atom. The maximum Gasteiger partial charge on any atom is 0.355 e. The summed E-state index contributed by atoms with van der Waals surface area (Å²) in [6, 6.07) is 17.0. The van der Waals surface area contributed by atoms with Gasteiger partial charge in [-0.15, -0.1) is 0 Å². The normalized spacial score (nSPS) is 18.1. The number of piperazine rings is 1. The van der Waals surface area contributed by atoms with Crippen molar-refractivity contribution in [2.45, 2.75) is 13.1 Å². The summed E-state index contributed by atoms with van der Waals surface area (Å²) in [5, 5.41) is 8.24. The van der Waals surface area contributed by atoms with Gasteiger partial charge >= 0.3 is 5.96 Å². The zero-order chi connectivity index (χ0) is 22.2. The highest BCUT2D eigenvalue weighted by Crippen LogP contribution is 2.24. The van der Waals surface area contributed by atoms with Gasteiger partial charge in [-0.2, -0.15) is 0 Å². The summed E-state index contributed by atoms with van der Waals surface area (Å²) < 4.78 is 3.89. The monoisotopic (exact) mass is 469 g/mol. The van der Waals surface area contributed by atoms with Crippen LogP contribution in [0.3, 0.4) is 0 Å². The first-order chi connectivity index (χ1) is 15.5. The summed E-state index contributed by atoms with van der Waals surface area (Å²) in [5.41, 5.74) is 2.62. The molecule has 2 N–H and O–H groups in total. The third kappa shape index (κ3) is 4.06. The maximum atomic E-state index is 12.8. The van der Waals surface area contributed by atoms with Crippen molar-refractivity contribution in [2.75, 3.05) is 36.4 Å². The molecule has 0 bridgehead atoms. The molecule has 2 aliphatic rings.